The van der Waals surface area contributed by atoms with Gasteiger partial charge in [0.05, 0.1) is 0 Å². The van der Waals surface area contributed by atoms with Gasteiger partial charge in [0.25, 0.3) is 0 Å². The van der Waals surface area contributed by atoms with Crippen LogP contribution in [0.1, 0.15) is 16.1 Å². The predicted molar refractivity (Wildman–Crippen MR) is 83.8 cm³/mol. The third-order valence-corrected chi connectivity index (χ3v) is 3.29. The standard InChI is InChI=1S/C16H13N3O3/c1-9-7-15(20)19-12-6-5-10(8-11(9)12)17-14-4-2-3-13(18-14)16(21)22/h2-8H,1H3,(H,17,18)(H,19,20)(H,21,22). The summed E-state index contributed by atoms with van der Waals surface area (Å²) in [4.78, 5) is 29.2. The number of aromatic nitrogens is 2. The number of pyridine rings is 2. The molecule has 0 atom stereocenters. The second-order valence-electron chi connectivity index (χ2n) is 4.92. The highest BCUT2D eigenvalue weighted by Crippen LogP contribution is 2.22. The Morgan fingerprint density at radius 3 is 2.82 bits per heavy atom. The summed E-state index contributed by atoms with van der Waals surface area (Å²) in [6, 6.07) is 11.8. The fraction of sp³-hybridized carbons (Fsp3) is 0.0625. The molecule has 3 rings (SSSR count). The lowest BCUT2D eigenvalue weighted by molar-refractivity contribution is 0.0690. The van der Waals surface area contributed by atoms with Crippen LogP contribution in [0.25, 0.3) is 10.9 Å². The number of fused-ring (bicyclic) bond motifs is 1. The topological polar surface area (TPSA) is 95.1 Å². The molecule has 6 nitrogen and oxygen atoms in total. The number of nitrogens with one attached hydrogen (secondary N) is 2. The van der Waals surface area contributed by atoms with Crippen molar-refractivity contribution in [3.8, 4) is 0 Å². The van der Waals surface area contributed by atoms with Gasteiger partial charge in [-0.25, -0.2) is 9.78 Å². The van der Waals surface area contributed by atoms with E-state index in [-0.39, 0.29) is 11.3 Å². The van der Waals surface area contributed by atoms with Crippen molar-refractivity contribution in [3.05, 3.63) is 64.1 Å². The average molecular weight is 295 g/mol. The Kier molecular flexibility index (Phi) is 3.34. The number of carboxylic acid groups (broad SMARTS) is 1. The summed E-state index contributed by atoms with van der Waals surface area (Å²) in [5.41, 5.74) is 2.22. The molecule has 0 unspecified atom stereocenters. The molecule has 2 aromatic heterocycles. The number of anilines is 2. The maximum atomic E-state index is 11.4. The number of carboxylic acids is 1. The first-order chi connectivity index (χ1) is 10.5. The van der Waals surface area contributed by atoms with Gasteiger partial charge in [-0.2, -0.15) is 0 Å². The van der Waals surface area contributed by atoms with Crippen molar-refractivity contribution in [2.24, 2.45) is 0 Å². The van der Waals surface area contributed by atoms with Gasteiger partial charge in [-0.05, 0) is 42.8 Å². The molecule has 2 heterocycles. The van der Waals surface area contributed by atoms with Crippen LogP contribution in [-0.4, -0.2) is 21.0 Å². The summed E-state index contributed by atoms with van der Waals surface area (Å²) in [6.07, 6.45) is 0. The zero-order valence-electron chi connectivity index (χ0n) is 11.8. The van der Waals surface area contributed by atoms with Crippen molar-refractivity contribution in [2.45, 2.75) is 6.92 Å². The molecule has 1 aromatic carbocycles. The van der Waals surface area contributed by atoms with Crippen molar-refractivity contribution in [2.75, 3.05) is 5.32 Å². The van der Waals surface area contributed by atoms with Crippen LogP contribution in [0.5, 0.6) is 0 Å². The maximum Gasteiger partial charge on any atom is 0.354 e. The highest BCUT2D eigenvalue weighted by molar-refractivity contribution is 5.87. The molecule has 0 spiro atoms. The highest BCUT2D eigenvalue weighted by Gasteiger charge is 2.06. The Morgan fingerprint density at radius 1 is 1.23 bits per heavy atom. The van der Waals surface area contributed by atoms with Gasteiger partial charge in [-0.1, -0.05) is 6.07 Å². The molecule has 0 amide bonds. The molecule has 0 fully saturated rings. The van der Waals surface area contributed by atoms with E-state index in [9.17, 15) is 9.59 Å². The molecule has 3 N–H and O–H groups in total. The predicted octanol–water partition coefficient (Wildman–Crippen LogP) is 2.67. The normalized spacial score (nSPS) is 10.6. The van der Waals surface area contributed by atoms with E-state index in [1.54, 1.807) is 24.3 Å². The molecule has 0 bridgehead atoms. The number of carbonyl (C=O) groups is 1. The third-order valence-electron chi connectivity index (χ3n) is 3.29. The van der Waals surface area contributed by atoms with E-state index in [0.29, 0.717) is 5.82 Å². The number of benzene rings is 1. The number of aromatic amines is 1. The first-order valence-electron chi connectivity index (χ1n) is 6.64. The van der Waals surface area contributed by atoms with Gasteiger partial charge in [0.15, 0.2) is 5.69 Å². The summed E-state index contributed by atoms with van der Waals surface area (Å²) < 4.78 is 0. The molecule has 0 radical (unpaired) electrons. The summed E-state index contributed by atoms with van der Waals surface area (Å²) in [5, 5.41) is 12.9. The molecule has 6 heteroatoms. The Bertz CT molecular complexity index is 931. The minimum Gasteiger partial charge on any atom is -0.477 e. The lowest BCUT2D eigenvalue weighted by atomic mass is 10.1. The van der Waals surface area contributed by atoms with Gasteiger partial charge < -0.3 is 15.4 Å². The fourth-order valence-electron chi connectivity index (χ4n) is 2.27. The molecular weight excluding hydrogens is 282 g/mol. The van der Waals surface area contributed by atoms with E-state index in [0.717, 1.165) is 22.2 Å². The number of H-pyrrole nitrogens is 1. The molecule has 0 saturated carbocycles. The van der Waals surface area contributed by atoms with E-state index in [1.165, 1.54) is 12.1 Å². The van der Waals surface area contributed by atoms with E-state index >= 15 is 0 Å². The monoisotopic (exact) mass is 295 g/mol. The number of hydrogen-bond acceptors (Lipinski definition) is 4. The number of aryl methyl sites for hydroxylation is 1. The van der Waals surface area contributed by atoms with Crippen LogP contribution in [0, 0.1) is 6.92 Å². The van der Waals surface area contributed by atoms with Crippen molar-refractivity contribution in [1.29, 1.82) is 0 Å². The summed E-state index contributed by atoms with van der Waals surface area (Å²) in [5.74, 6) is -0.628. The SMILES string of the molecule is Cc1cc(=O)[nH]c2ccc(Nc3cccc(C(=O)O)n3)cc12. The van der Waals surface area contributed by atoms with Crippen LogP contribution in [0.3, 0.4) is 0 Å². The maximum absolute atomic E-state index is 11.4. The number of aromatic carboxylic acids is 1. The minimum absolute atomic E-state index is 0.0219. The summed E-state index contributed by atoms with van der Waals surface area (Å²) in [7, 11) is 0. The Morgan fingerprint density at radius 2 is 2.05 bits per heavy atom. The first kappa shape index (κ1) is 13.8. The van der Waals surface area contributed by atoms with Crippen LogP contribution in [0.2, 0.25) is 0 Å². The molecule has 0 aliphatic heterocycles. The van der Waals surface area contributed by atoms with Gasteiger partial charge in [-0.3, -0.25) is 4.79 Å². The number of nitrogens with zero attached hydrogens (tertiary/aromatic N) is 1. The quantitative estimate of drug-likeness (QED) is 0.690. The van der Waals surface area contributed by atoms with Crippen LogP contribution in [0.4, 0.5) is 11.5 Å². The van der Waals surface area contributed by atoms with Gasteiger partial charge in [0, 0.05) is 22.7 Å². The lowest BCUT2D eigenvalue weighted by Crippen LogP contribution is -2.05. The van der Waals surface area contributed by atoms with E-state index in [1.807, 2.05) is 13.0 Å². The zero-order valence-corrected chi connectivity index (χ0v) is 11.8. The zero-order chi connectivity index (χ0) is 15.7. The highest BCUT2D eigenvalue weighted by atomic mass is 16.4. The lowest BCUT2D eigenvalue weighted by Gasteiger charge is -2.08. The molecule has 22 heavy (non-hydrogen) atoms. The number of rotatable bonds is 3. The van der Waals surface area contributed by atoms with Crippen LogP contribution >= 0.6 is 0 Å². The van der Waals surface area contributed by atoms with Crippen LogP contribution < -0.4 is 10.9 Å². The molecule has 0 aliphatic rings. The van der Waals surface area contributed by atoms with E-state index in [4.69, 9.17) is 5.11 Å². The minimum atomic E-state index is -1.07. The van der Waals surface area contributed by atoms with E-state index < -0.39 is 5.97 Å². The van der Waals surface area contributed by atoms with Gasteiger partial charge in [0.1, 0.15) is 5.82 Å². The second-order valence-corrected chi connectivity index (χ2v) is 4.92. The Balaban J connectivity index is 1.99. The summed E-state index contributed by atoms with van der Waals surface area (Å²) in [6.45, 7) is 1.87. The Labute approximate surface area is 125 Å². The largest absolute Gasteiger partial charge is 0.477 e. The molecular formula is C16H13N3O3. The van der Waals surface area contributed by atoms with Gasteiger partial charge in [0.2, 0.25) is 5.56 Å². The van der Waals surface area contributed by atoms with Crippen molar-refractivity contribution < 1.29 is 9.90 Å². The smallest absolute Gasteiger partial charge is 0.354 e. The second kappa shape index (κ2) is 5.33. The average Bonchev–Trinajstić information content (AvgIpc) is 2.48. The molecule has 0 saturated heterocycles. The fourth-order valence-corrected chi connectivity index (χ4v) is 2.27. The van der Waals surface area contributed by atoms with Gasteiger partial charge in [-0.15, -0.1) is 0 Å². The van der Waals surface area contributed by atoms with Crippen molar-refractivity contribution >= 4 is 28.4 Å². The van der Waals surface area contributed by atoms with Crippen LogP contribution in [-0.2, 0) is 0 Å². The molecule has 110 valence electrons. The first-order valence-corrected chi connectivity index (χ1v) is 6.64. The van der Waals surface area contributed by atoms with Gasteiger partial charge >= 0.3 is 5.97 Å². The molecule has 0 aliphatic carbocycles. The third kappa shape index (κ3) is 2.67. The Hall–Kier alpha value is -3.15. The van der Waals surface area contributed by atoms with Crippen molar-refractivity contribution in [3.63, 3.8) is 0 Å². The number of hydrogen-bond donors (Lipinski definition) is 3. The summed E-state index contributed by atoms with van der Waals surface area (Å²) >= 11 is 0. The van der Waals surface area contributed by atoms with E-state index in [2.05, 4.69) is 15.3 Å². The van der Waals surface area contributed by atoms with Crippen molar-refractivity contribution in [1.82, 2.24) is 9.97 Å². The van der Waals surface area contributed by atoms with Crippen LogP contribution in [0.15, 0.2) is 47.3 Å². The molecule has 3 aromatic rings.